The maximum absolute atomic E-state index is 11.9. The van der Waals surface area contributed by atoms with Gasteiger partial charge < -0.3 is 10.6 Å². The van der Waals surface area contributed by atoms with Gasteiger partial charge in [0.15, 0.2) is 0 Å². The van der Waals surface area contributed by atoms with Crippen molar-refractivity contribution in [2.24, 2.45) is 0 Å². The van der Waals surface area contributed by atoms with Gasteiger partial charge in [-0.3, -0.25) is 9.59 Å². The molecular formula is C19H20N2O2. The van der Waals surface area contributed by atoms with Crippen molar-refractivity contribution in [3.63, 3.8) is 0 Å². The Hall–Kier alpha value is -2.88. The normalized spacial score (nSPS) is 10.5. The SMILES string of the molecule is CCC(=O)Nc1ccc(NC(=O)/C=C/c2ccc(C)cc2)cc1. The van der Waals surface area contributed by atoms with Crippen LogP contribution < -0.4 is 10.6 Å². The van der Waals surface area contributed by atoms with E-state index < -0.39 is 0 Å². The quantitative estimate of drug-likeness (QED) is 0.820. The van der Waals surface area contributed by atoms with Gasteiger partial charge >= 0.3 is 0 Å². The molecule has 0 aliphatic heterocycles. The minimum atomic E-state index is -0.198. The molecule has 0 aliphatic rings. The first-order valence-corrected chi connectivity index (χ1v) is 7.52. The third kappa shape index (κ3) is 5.43. The minimum Gasteiger partial charge on any atom is -0.326 e. The van der Waals surface area contributed by atoms with Gasteiger partial charge in [-0.2, -0.15) is 0 Å². The number of nitrogens with one attached hydrogen (secondary N) is 2. The van der Waals surface area contributed by atoms with Crippen LogP contribution in [0.15, 0.2) is 54.6 Å². The van der Waals surface area contributed by atoms with E-state index in [-0.39, 0.29) is 11.8 Å². The van der Waals surface area contributed by atoms with Crippen molar-refractivity contribution in [3.8, 4) is 0 Å². The fourth-order valence-electron chi connectivity index (χ4n) is 1.92. The van der Waals surface area contributed by atoms with Crippen LogP contribution in [-0.2, 0) is 9.59 Å². The fourth-order valence-corrected chi connectivity index (χ4v) is 1.92. The van der Waals surface area contributed by atoms with E-state index in [1.807, 2.05) is 31.2 Å². The van der Waals surface area contributed by atoms with Gasteiger partial charge in [-0.15, -0.1) is 0 Å². The van der Waals surface area contributed by atoms with Crippen molar-refractivity contribution in [1.29, 1.82) is 0 Å². The third-order valence-corrected chi connectivity index (χ3v) is 3.26. The molecule has 4 heteroatoms. The van der Waals surface area contributed by atoms with Crippen LogP contribution in [0.4, 0.5) is 11.4 Å². The van der Waals surface area contributed by atoms with Crippen LogP contribution in [-0.4, -0.2) is 11.8 Å². The second kappa shape index (κ2) is 7.94. The Bertz CT molecular complexity index is 701. The maximum Gasteiger partial charge on any atom is 0.248 e. The molecule has 2 aromatic carbocycles. The summed E-state index contributed by atoms with van der Waals surface area (Å²) in [5.41, 5.74) is 3.55. The highest BCUT2D eigenvalue weighted by atomic mass is 16.2. The summed E-state index contributed by atoms with van der Waals surface area (Å²) in [5.74, 6) is -0.237. The average molecular weight is 308 g/mol. The highest BCUT2D eigenvalue weighted by molar-refractivity contribution is 6.02. The summed E-state index contributed by atoms with van der Waals surface area (Å²) in [7, 11) is 0. The van der Waals surface area contributed by atoms with E-state index in [1.165, 1.54) is 11.6 Å². The number of hydrogen-bond acceptors (Lipinski definition) is 2. The zero-order valence-corrected chi connectivity index (χ0v) is 13.3. The fraction of sp³-hybridized carbons (Fsp3) is 0.158. The molecule has 0 radical (unpaired) electrons. The molecule has 2 amide bonds. The zero-order chi connectivity index (χ0) is 16.7. The van der Waals surface area contributed by atoms with Crippen molar-refractivity contribution in [1.82, 2.24) is 0 Å². The molecule has 0 heterocycles. The van der Waals surface area contributed by atoms with E-state index >= 15 is 0 Å². The molecule has 2 N–H and O–H groups in total. The Morgan fingerprint density at radius 3 is 2.04 bits per heavy atom. The largest absolute Gasteiger partial charge is 0.326 e. The van der Waals surface area contributed by atoms with Crippen LogP contribution in [0.1, 0.15) is 24.5 Å². The Kier molecular flexibility index (Phi) is 5.69. The molecule has 23 heavy (non-hydrogen) atoms. The van der Waals surface area contributed by atoms with Gasteiger partial charge in [0.1, 0.15) is 0 Å². The number of hydrogen-bond donors (Lipinski definition) is 2. The van der Waals surface area contributed by atoms with E-state index in [9.17, 15) is 9.59 Å². The maximum atomic E-state index is 11.9. The zero-order valence-electron chi connectivity index (χ0n) is 13.3. The van der Waals surface area contributed by atoms with Crippen LogP contribution in [0.25, 0.3) is 6.08 Å². The Labute approximate surface area is 136 Å². The van der Waals surface area contributed by atoms with Crippen molar-refractivity contribution in [2.45, 2.75) is 20.3 Å². The van der Waals surface area contributed by atoms with Crippen LogP contribution in [0, 0.1) is 6.92 Å². The van der Waals surface area contributed by atoms with Gasteiger partial charge in [0.05, 0.1) is 0 Å². The second-order valence-corrected chi connectivity index (χ2v) is 5.21. The number of carbonyl (C=O) groups excluding carboxylic acids is 2. The highest BCUT2D eigenvalue weighted by Crippen LogP contribution is 2.14. The van der Waals surface area contributed by atoms with Gasteiger partial charge in [0, 0.05) is 23.9 Å². The number of benzene rings is 2. The van der Waals surface area contributed by atoms with Crippen molar-refractivity contribution >= 4 is 29.3 Å². The summed E-state index contributed by atoms with van der Waals surface area (Å²) in [6.45, 7) is 3.82. The second-order valence-electron chi connectivity index (χ2n) is 5.21. The lowest BCUT2D eigenvalue weighted by atomic mass is 10.1. The van der Waals surface area contributed by atoms with Crippen LogP contribution in [0.3, 0.4) is 0 Å². The molecular weight excluding hydrogens is 288 g/mol. The van der Waals surface area contributed by atoms with Gasteiger partial charge in [-0.1, -0.05) is 36.8 Å². The first kappa shape index (κ1) is 16.5. The van der Waals surface area contributed by atoms with Gasteiger partial charge in [0.2, 0.25) is 11.8 Å². The molecule has 0 bridgehead atoms. The van der Waals surface area contributed by atoms with E-state index in [4.69, 9.17) is 0 Å². The molecule has 0 unspecified atom stereocenters. The molecule has 4 nitrogen and oxygen atoms in total. The summed E-state index contributed by atoms with van der Waals surface area (Å²) in [5, 5.41) is 5.54. The number of carbonyl (C=O) groups is 2. The highest BCUT2D eigenvalue weighted by Gasteiger charge is 2.01. The lowest BCUT2D eigenvalue weighted by Gasteiger charge is -2.06. The molecule has 0 saturated carbocycles. The summed E-state index contributed by atoms with van der Waals surface area (Å²) in [6.07, 6.45) is 3.70. The topological polar surface area (TPSA) is 58.2 Å². The molecule has 0 spiro atoms. The van der Waals surface area contributed by atoms with Gasteiger partial charge in [0.25, 0.3) is 0 Å². The molecule has 0 saturated heterocycles. The lowest BCUT2D eigenvalue weighted by Crippen LogP contribution is -2.10. The summed E-state index contributed by atoms with van der Waals surface area (Å²) in [4.78, 5) is 23.2. The summed E-state index contributed by atoms with van der Waals surface area (Å²) in [6, 6.07) is 14.9. The van der Waals surface area contributed by atoms with E-state index in [0.717, 1.165) is 5.56 Å². The van der Waals surface area contributed by atoms with Crippen LogP contribution in [0.5, 0.6) is 0 Å². The van der Waals surface area contributed by atoms with Gasteiger partial charge in [-0.05, 0) is 42.8 Å². The summed E-state index contributed by atoms with van der Waals surface area (Å²) < 4.78 is 0. The van der Waals surface area contributed by atoms with Crippen LogP contribution >= 0.6 is 0 Å². The molecule has 0 atom stereocenters. The van der Waals surface area contributed by atoms with E-state index in [1.54, 1.807) is 37.3 Å². The molecule has 0 aromatic heterocycles. The van der Waals surface area contributed by atoms with E-state index in [0.29, 0.717) is 17.8 Å². The third-order valence-electron chi connectivity index (χ3n) is 3.26. The minimum absolute atomic E-state index is 0.0391. The van der Waals surface area contributed by atoms with Crippen molar-refractivity contribution in [3.05, 3.63) is 65.7 Å². The molecule has 2 rings (SSSR count). The molecule has 2 aromatic rings. The number of rotatable bonds is 5. The number of anilines is 2. The smallest absolute Gasteiger partial charge is 0.248 e. The lowest BCUT2D eigenvalue weighted by molar-refractivity contribution is -0.116. The summed E-state index contributed by atoms with van der Waals surface area (Å²) >= 11 is 0. The monoisotopic (exact) mass is 308 g/mol. The van der Waals surface area contributed by atoms with E-state index in [2.05, 4.69) is 10.6 Å². The first-order chi connectivity index (χ1) is 11.1. The standard InChI is InChI=1S/C19H20N2O2/c1-3-18(22)20-16-9-11-17(12-10-16)21-19(23)13-8-15-6-4-14(2)5-7-15/h4-13H,3H2,1-2H3,(H,20,22)(H,21,23)/b13-8+. The first-order valence-electron chi connectivity index (χ1n) is 7.52. The van der Waals surface area contributed by atoms with Crippen molar-refractivity contribution in [2.75, 3.05) is 10.6 Å². The number of amides is 2. The van der Waals surface area contributed by atoms with Crippen molar-refractivity contribution < 1.29 is 9.59 Å². The average Bonchev–Trinajstić information content (AvgIpc) is 2.56. The Morgan fingerprint density at radius 2 is 1.48 bits per heavy atom. The molecule has 0 fully saturated rings. The van der Waals surface area contributed by atoms with Crippen LogP contribution in [0.2, 0.25) is 0 Å². The number of aryl methyl sites for hydroxylation is 1. The van der Waals surface area contributed by atoms with Gasteiger partial charge in [-0.25, -0.2) is 0 Å². The predicted molar refractivity (Wildman–Crippen MR) is 94.2 cm³/mol. The Morgan fingerprint density at radius 1 is 0.913 bits per heavy atom. The predicted octanol–water partition coefficient (Wildman–Crippen LogP) is 4.00. The molecule has 118 valence electrons. The Balaban J connectivity index is 1.92. The molecule has 0 aliphatic carbocycles.